The fraction of sp³-hybridized carbons (Fsp3) is 0.733. The van der Waals surface area contributed by atoms with Gasteiger partial charge in [-0.3, -0.25) is 0 Å². The summed E-state index contributed by atoms with van der Waals surface area (Å²) in [5, 5.41) is 5.98. The van der Waals surface area contributed by atoms with Crippen molar-refractivity contribution in [2.75, 3.05) is 23.8 Å². The first-order chi connectivity index (χ1) is 11.0. The smallest absolute Gasteiger partial charge is 0.376 e. The SMILES string of the molecule is FC(F)(F)c1cc(NC[C@H]2CCCO2)nc(NC2CCCC2)n1. The molecule has 0 aromatic carbocycles. The Morgan fingerprint density at radius 3 is 2.57 bits per heavy atom. The zero-order chi connectivity index (χ0) is 16.3. The monoisotopic (exact) mass is 330 g/mol. The van der Waals surface area contributed by atoms with E-state index in [2.05, 4.69) is 20.6 Å². The minimum atomic E-state index is -4.49. The van der Waals surface area contributed by atoms with Crippen molar-refractivity contribution in [3.8, 4) is 0 Å². The van der Waals surface area contributed by atoms with E-state index >= 15 is 0 Å². The maximum Gasteiger partial charge on any atom is 0.433 e. The molecule has 0 bridgehead atoms. The zero-order valence-corrected chi connectivity index (χ0v) is 12.8. The predicted molar refractivity (Wildman–Crippen MR) is 80.4 cm³/mol. The summed E-state index contributed by atoms with van der Waals surface area (Å²) in [7, 11) is 0. The molecule has 3 rings (SSSR count). The highest BCUT2D eigenvalue weighted by atomic mass is 19.4. The van der Waals surface area contributed by atoms with Gasteiger partial charge < -0.3 is 15.4 Å². The Labute approximate surface area is 133 Å². The topological polar surface area (TPSA) is 59.1 Å². The highest BCUT2D eigenvalue weighted by Gasteiger charge is 2.34. The number of hydrogen-bond donors (Lipinski definition) is 2. The van der Waals surface area contributed by atoms with Crippen molar-refractivity contribution < 1.29 is 17.9 Å². The first-order valence-electron chi connectivity index (χ1n) is 8.09. The Morgan fingerprint density at radius 1 is 1.13 bits per heavy atom. The molecule has 1 aromatic heterocycles. The van der Waals surface area contributed by atoms with Crippen LogP contribution in [0.15, 0.2) is 6.07 Å². The van der Waals surface area contributed by atoms with E-state index in [-0.39, 0.29) is 23.9 Å². The molecule has 23 heavy (non-hydrogen) atoms. The summed E-state index contributed by atoms with van der Waals surface area (Å²) in [5.74, 6) is 0.227. The molecule has 2 heterocycles. The van der Waals surface area contributed by atoms with Crippen molar-refractivity contribution in [2.24, 2.45) is 0 Å². The number of nitrogens with one attached hydrogen (secondary N) is 2. The van der Waals surface area contributed by atoms with Crippen LogP contribution in [0.5, 0.6) is 0 Å². The molecule has 1 aromatic rings. The van der Waals surface area contributed by atoms with Gasteiger partial charge in [-0.2, -0.15) is 18.2 Å². The van der Waals surface area contributed by atoms with Crippen molar-refractivity contribution in [1.29, 1.82) is 0 Å². The number of nitrogens with zero attached hydrogens (tertiary/aromatic N) is 2. The summed E-state index contributed by atoms with van der Waals surface area (Å²) in [4.78, 5) is 7.81. The van der Waals surface area contributed by atoms with Gasteiger partial charge in [0, 0.05) is 25.3 Å². The fourth-order valence-electron chi connectivity index (χ4n) is 3.02. The second-order valence-electron chi connectivity index (χ2n) is 6.10. The Kier molecular flexibility index (Phi) is 4.89. The van der Waals surface area contributed by atoms with Gasteiger partial charge in [-0.1, -0.05) is 12.8 Å². The van der Waals surface area contributed by atoms with E-state index in [9.17, 15) is 13.2 Å². The molecule has 1 aliphatic carbocycles. The standard InChI is InChI=1S/C15H21F3N4O/c16-15(17,18)12-8-13(19-9-11-6-3-7-23-11)22-14(21-12)20-10-4-1-2-5-10/h8,10-11H,1-7,9H2,(H2,19,20,21,22)/t11-/m1/s1. The van der Waals surface area contributed by atoms with Gasteiger partial charge in [0.1, 0.15) is 5.82 Å². The van der Waals surface area contributed by atoms with Crippen LogP contribution in [0.4, 0.5) is 24.9 Å². The van der Waals surface area contributed by atoms with Gasteiger partial charge in [0.15, 0.2) is 5.69 Å². The van der Waals surface area contributed by atoms with Crippen molar-refractivity contribution in [2.45, 2.75) is 56.8 Å². The summed E-state index contributed by atoms with van der Waals surface area (Å²) < 4.78 is 44.6. The minimum absolute atomic E-state index is 0.0329. The van der Waals surface area contributed by atoms with E-state index in [1.54, 1.807) is 0 Å². The van der Waals surface area contributed by atoms with E-state index in [4.69, 9.17) is 4.74 Å². The van der Waals surface area contributed by atoms with E-state index < -0.39 is 11.9 Å². The van der Waals surface area contributed by atoms with E-state index in [0.717, 1.165) is 44.6 Å². The van der Waals surface area contributed by atoms with Gasteiger partial charge >= 0.3 is 6.18 Å². The number of halogens is 3. The number of alkyl halides is 3. The van der Waals surface area contributed by atoms with Crippen LogP contribution in [0, 0.1) is 0 Å². The molecule has 2 fully saturated rings. The van der Waals surface area contributed by atoms with Crippen LogP contribution in [0.1, 0.15) is 44.2 Å². The molecule has 8 heteroatoms. The molecule has 1 saturated carbocycles. The molecule has 5 nitrogen and oxygen atoms in total. The van der Waals surface area contributed by atoms with Crippen molar-refractivity contribution in [1.82, 2.24) is 9.97 Å². The van der Waals surface area contributed by atoms with Gasteiger partial charge in [0.05, 0.1) is 6.10 Å². The molecule has 2 N–H and O–H groups in total. The molecule has 1 atom stereocenters. The third-order valence-electron chi connectivity index (χ3n) is 4.24. The first-order valence-corrected chi connectivity index (χ1v) is 8.09. The maximum atomic E-state index is 13.0. The third kappa shape index (κ3) is 4.46. The molecular formula is C15H21F3N4O. The lowest BCUT2D eigenvalue weighted by atomic mass is 10.2. The Bertz CT molecular complexity index is 526. The first kappa shape index (κ1) is 16.3. The lowest BCUT2D eigenvalue weighted by molar-refractivity contribution is -0.141. The van der Waals surface area contributed by atoms with E-state index in [1.807, 2.05) is 0 Å². The molecule has 128 valence electrons. The second kappa shape index (κ2) is 6.90. The number of hydrogen-bond acceptors (Lipinski definition) is 5. The van der Waals surface area contributed by atoms with Crippen molar-refractivity contribution in [3.05, 3.63) is 11.8 Å². The fourth-order valence-corrected chi connectivity index (χ4v) is 3.02. The van der Waals surface area contributed by atoms with Crippen LogP contribution >= 0.6 is 0 Å². The summed E-state index contributed by atoms with van der Waals surface area (Å²) in [6, 6.07) is 1.11. The number of rotatable bonds is 5. The molecule has 0 spiro atoms. The van der Waals surface area contributed by atoms with Crippen LogP contribution in [-0.4, -0.2) is 35.3 Å². The number of aromatic nitrogens is 2. The Hall–Kier alpha value is -1.57. The molecule has 1 saturated heterocycles. The van der Waals surface area contributed by atoms with Crippen molar-refractivity contribution in [3.63, 3.8) is 0 Å². The summed E-state index contributed by atoms with van der Waals surface area (Å²) >= 11 is 0. The van der Waals surface area contributed by atoms with Gasteiger partial charge in [0.2, 0.25) is 5.95 Å². The van der Waals surface area contributed by atoms with Crippen LogP contribution in [0.3, 0.4) is 0 Å². The minimum Gasteiger partial charge on any atom is -0.376 e. The average Bonchev–Trinajstić information content (AvgIpc) is 3.17. The third-order valence-corrected chi connectivity index (χ3v) is 4.24. The van der Waals surface area contributed by atoms with Crippen LogP contribution in [-0.2, 0) is 10.9 Å². The molecule has 0 amide bonds. The lowest BCUT2D eigenvalue weighted by Crippen LogP contribution is -2.22. The summed E-state index contributed by atoms with van der Waals surface area (Å²) in [6.45, 7) is 1.16. The summed E-state index contributed by atoms with van der Waals surface area (Å²) in [6.07, 6.45) is 1.49. The molecule has 0 radical (unpaired) electrons. The average molecular weight is 330 g/mol. The van der Waals surface area contributed by atoms with Gasteiger partial charge in [-0.25, -0.2) is 4.98 Å². The molecular weight excluding hydrogens is 309 g/mol. The lowest BCUT2D eigenvalue weighted by Gasteiger charge is -2.16. The molecule has 0 unspecified atom stereocenters. The Balaban J connectivity index is 1.73. The van der Waals surface area contributed by atoms with Crippen molar-refractivity contribution >= 4 is 11.8 Å². The van der Waals surface area contributed by atoms with Crippen LogP contribution in [0.2, 0.25) is 0 Å². The molecule has 2 aliphatic rings. The van der Waals surface area contributed by atoms with Gasteiger partial charge in [0.25, 0.3) is 0 Å². The number of ether oxygens (including phenoxy) is 1. The largest absolute Gasteiger partial charge is 0.433 e. The van der Waals surface area contributed by atoms with E-state index in [0.29, 0.717) is 13.2 Å². The second-order valence-corrected chi connectivity index (χ2v) is 6.10. The molecule has 1 aliphatic heterocycles. The summed E-state index contributed by atoms with van der Waals surface area (Å²) in [5.41, 5.74) is -0.928. The van der Waals surface area contributed by atoms with Crippen LogP contribution < -0.4 is 10.6 Å². The van der Waals surface area contributed by atoms with Crippen LogP contribution in [0.25, 0.3) is 0 Å². The van der Waals surface area contributed by atoms with E-state index in [1.165, 1.54) is 0 Å². The number of anilines is 2. The highest BCUT2D eigenvalue weighted by molar-refractivity contribution is 5.43. The zero-order valence-electron chi connectivity index (χ0n) is 12.8. The maximum absolute atomic E-state index is 13.0. The predicted octanol–water partition coefficient (Wildman–Crippen LogP) is 3.44. The van der Waals surface area contributed by atoms with Gasteiger partial charge in [-0.05, 0) is 25.7 Å². The van der Waals surface area contributed by atoms with Gasteiger partial charge in [-0.15, -0.1) is 0 Å². The Morgan fingerprint density at radius 2 is 1.91 bits per heavy atom. The quantitative estimate of drug-likeness (QED) is 0.866. The normalized spacial score (nSPS) is 22.5. The highest BCUT2D eigenvalue weighted by Crippen LogP contribution is 2.30.